The molecule has 0 aliphatic carbocycles. The van der Waals surface area contributed by atoms with Gasteiger partial charge in [-0.05, 0) is 57.1 Å². The highest BCUT2D eigenvalue weighted by Crippen LogP contribution is 2.31. The Labute approximate surface area is 234 Å². The van der Waals surface area contributed by atoms with Gasteiger partial charge in [-0.15, -0.1) is 0 Å². The van der Waals surface area contributed by atoms with Crippen LogP contribution in [0.4, 0.5) is 0 Å². The molecule has 0 atom stereocenters. The lowest BCUT2D eigenvalue weighted by Gasteiger charge is -2.34. The van der Waals surface area contributed by atoms with Crippen molar-refractivity contribution in [3.05, 3.63) is 163 Å². The summed E-state index contributed by atoms with van der Waals surface area (Å²) < 4.78 is 2.38. The lowest BCUT2D eigenvalue weighted by atomic mass is 10.1. The number of hydrogen-bond donors (Lipinski definition) is 0. The van der Waals surface area contributed by atoms with E-state index in [0.717, 1.165) is 5.02 Å². The number of hydrogen-bond acceptors (Lipinski definition) is 0. The molecular formula is C36H26ClNSi. The van der Waals surface area contributed by atoms with Crippen LogP contribution in [-0.2, 0) is 0 Å². The maximum Gasteiger partial charge on any atom is 0.179 e. The number of aromatic nitrogens is 1. The van der Waals surface area contributed by atoms with E-state index < -0.39 is 8.07 Å². The van der Waals surface area contributed by atoms with Crippen LogP contribution in [0.25, 0.3) is 27.5 Å². The first-order chi connectivity index (χ1) is 19.3. The highest BCUT2D eigenvalue weighted by atomic mass is 35.5. The Morgan fingerprint density at radius 1 is 0.410 bits per heavy atom. The molecule has 7 aromatic rings. The molecule has 0 fully saturated rings. The Morgan fingerprint density at radius 2 is 0.949 bits per heavy atom. The molecule has 1 heterocycles. The molecule has 7 rings (SSSR count). The smallest absolute Gasteiger partial charge is 0.179 e. The molecule has 0 bridgehead atoms. The van der Waals surface area contributed by atoms with E-state index in [0.29, 0.717) is 0 Å². The van der Waals surface area contributed by atoms with Gasteiger partial charge in [0.05, 0.1) is 11.0 Å². The van der Waals surface area contributed by atoms with Crippen LogP contribution in [-0.4, -0.2) is 12.6 Å². The maximum atomic E-state index is 6.68. The van der Waals surface area contributed by atoms with Crippen LogP contribution in [0.5, 0.6) is 0 Å². The third-order valence-corrected chi connectivity index (χ3v) is 12.8. The summed E-state index contributed by atoms with van der Waals surface area (Å²) >= 11 is 6.68. The SMILES string of the molecule is Clc1cccc([Si](c2ccccc2)(c2ccccc2)c2ccc3c(c2)c2ccccc2n3-c2ccccc2)c1. The van der Waals surface area contributed by atoms with Gasteiger partial charge in [0.2, 0.25) is 0 Å². The van der Waals surface area contributed by atoms with Crippen LogP contribution in [0.3, 0.4) is 0 Å². The van der Waals surface area contributed by atoms with Gasteiger partial charge in [-0.3, -0.25) is 0 Å². The quantitative estimate of drug-likeness (QED) is 0.168. The van der Waals surface area contributed by atoms with E-state index in [2.05, 4.69) is 156 Å². The van der Waals surface area contributed by atoms with Gasteiger partial charge >= 0.3 is 0 Å². The first kappa shape index (κ1) is 23.7. The molecule has 0 saturated heterocycles. The van der Waals surface area contributed by atoms with Crippen LogP contribution < -0.4 is 20.7 Å². The first-order valence-corrected chi connectivity index (χ1v) is 15.6. The van der Waals surface area contributed by atoms with Gasteiger partial charge in [-0.25, -0.2) is 0 Å². The van der Waals surface area contributed by atoms with Crippen molar-refractivity contribution in [3.8, 4) is 5.69 Å². The standard InChI is InChI=1S/C36H26ClNSi/c37-27-13-12-20-31(25-27)39(29-16-6-2-7-17-29,30-18-8-3-9-19-30)32-23-24-36-34(26-32)33-21-10-11-22-35(33)38(36)28-14-4-1-5-15-28/h1-26H. The topological polar surface area (TPSA) is 4.93 Å². The minimum absolute atomic E-state index is 0.762. The number of para-hydroxylation sites is 2. The van der Waals surface area contributed by atoms with Crippen LogP contribution in [0.1, 0.15) is 0 Å². The second kappa shape index (κ2) is 9.74. The summed E-state index contributed by atoms with van der Waals surface area (Å²) in [6.45, 7) is 0. The van der Waals surface area contributed by atoms with Gasteiger partial charge < -0.3 is 4.57 Å². The summed E-state index contributed by atoms with van der Waals surface area (Å²) in [6.07, 6.45) is 0. The van der Waals surface area contributed by atoms with Crippen LogP contribution in [0.2, 0.25) is 5.02 Å². The summed E-state index contributed by atoms with van der Waals surface area (Å²) in [4.78, 5) is 0. The summed E-state index contributed by atoms with van der Waals surface area (Å²) in [5.74, 6) is 0. The van der Waals surface area contributed by atoms with Crippen molar-refractivity contribution >= 4 is 62.2 Å². The summed E-state index contributed by atoms with van der Waals surface area (Å²) in [5.41, 5.74) is 3.59. The fourth-order valence-corrected chi connectivity index (χ4v) is 11.2. The van der Waals surface area contributed by atoms with Crippen molar-refractivity contribution in [1.82, 2.24) is 4.57 Å². The van der Waals surface area contributed by atoms with E-state index in [-0.39, 0.29) is 0 Å². The molecule has 0 aliphatic rings. The van der Waals surface area contributed by atoms with Crippen LogP contribution in [0, 0.1) is 0 Å². The second-order valence-electron chi connectivity index (χ2n) is 9.91. The predicted molar refractivity (Wildman–Crippen MR) is 169 cm³/mol. The van der Waals surface area contributed by atoms with Crippen LogP contribution >= 0.6 is 11.6 Å². The molecular weight excluding hydrogens is 510 g/mol. The molecule has 186 valence electrons. The second-order valence-corrected chi connectivity index (χ2v) is 14.2. The third-order valence-electron chi connectivity index (χ3n) is 7.79. The van der Waals surface area contributed by atoms with Gasteiger partial charge in [0.25, 0.3) is 0 Å². The van der Waals surface area contributed by atoms with E-state index in [1.165, 1.54) is 48.2 Å². The summed E-state index contributed by atoms with van der Waals surface area (Å²) in [6, 6.07) is 57.0. The molecule has 1 nitrogen and oxygen atoms in total. The van der Waals surface area contributed by atoms with Crippen molar-refractivity contribution < 1.29 is 0 Å². The highest BCUT2D eigenvalue weighted by Gasteiger charge is 2.41. The first-order valence-electron chi connectivity index (χ1n) is 13.2. The van der Waals surface area contributed by atoms with E-state index in [1.54, 1.807) is 0 Å². The van der Waals surface area contributed by atoms with E-state index in [4.69, 9.17) is 11.6 Å². The summed E-state index contributed by atoms with van der Waals surface area (Å²) in [5, 5.41) is 8.57. The number of halogens is 1. The average molecular weight is 536 g/mol. The number of nitrogens with zero attached hydrogens (tertiary/aromatic N) is 1. The average Bonchev–Trinajstić information content (AvgIpc) is 3.33. The van der Waals surface area contributed by atoms with Crippen molar-refractivity contribution in [1.29, 1.82) is 0 Å². The molecule has 0 spiro atoms. The number of rotatable bonds is 5. The van der Waals surface area contributed by atoms with E-state index in [9.17, 15) is 0 Å². The molecule has 0 aliphatic heterocycles. The number of benzene rings is 6. The largest absolute Gasteiger partial charge is 0.309 e. The van der Waals surface area contributed by atoms with Gasteiger partial charge in [-0.2, -0.15) is 0 Å². The zero-order valence-corrected chi connectivity index (χ0v) is 23.1. The minimum atomic E-state index is -2.70. The summed E-state index contributed by atoms with van der Waals surface area (Å²) in [7, 11) is -2.70. The van der Waals surface area contributed by atoms with Gasteiger partial charge in [-0.1, -0.05) is 133 Å². The fourth-order valence-electron chi connectivity index (χ4n) is 6.16. The van der Waals surface area contributed by atoms with Crippen LogP contribution in [0.15, 0.2) is 158 Å². The Balaban J connectivity index is 1.61. The molecule has 1 aromatic heterocycles. The molecule has 0 saturated carbocycles. The van der Waals surface area contributed by atoms with Crippen molar-refractivity contribution in [3.63, 3.8) is 0 Å². The van der Waals surface area contributed by atoms with Crippen molar-refractivity contribution in [2.45, 2.75) is 0 Å². The van der Waals surface area contributed by atoms with E-state index in [1.807, 2.05) is 6.07 Å². The van der Waals surface area contributed by atoms with E-state index >= 15 is 0 Å². The Bertz CT molecular complexity index is 1870. The molecule has 0 N–H and O–H groups in total. The Hall–Kier alpha value is -4.37. The fraction of sp³-hybridized carbons (Fsp3) is 0. The number of fused-ring (bicyclic) bond motifs is 3. The Kier molecular flexibility index (Phi) is 5.92. The molecule has 39 heavy (non-hydrogen) atoms. The molecule has 3 heteroatoms. The molecule has 0 radical (unpaired) electrons. The van der Waals surface area contributed by atoms with Gasteiger partial charge in [0, 0.05) is 21.5 Å². The Morgan fingerprint density at radius 3 is 1.62 bits per heavy atom. The molecule has 6 aromatic carbocycles. The van der Waals surface area contributed by atoms with Crippen molar-refractivity contribution in [2.24, 2.45) is 0 Å². The van der Waals surface area contributed by atoms with Gasteiger partial charge in [0.1, 0.15) is 0 Å². The normalized spacial score (nSPS) is 11.7. The molecule has 0 amide bonds. The predicted octanol–water partition coefficient (Wildman–Crippen LogP) is 6.81. The minimum Gasteiger partial charge on any atom is -0.309 e. The molecule has 0 unspecified atom stereocenters. The highest BCUT2D eigenvalue weighted by molar-refractivity contribution is 7.20. The monoisotopic (exact) mass is 535 g/mol. The van der Waals surface area contributed by atoms with Crippen molar-refractivity contribution in [2.75, 3.05) is 0 Å². The zero-order chi connectivity index (χ0) is 26.2. The maximum absolute atomic E-state index is 6.68. The lowest BCUT2D eigenvalue weighted by molar-refractivity contribution is 1.18. The third kappa shape index (κ3) is 3.84. The lowest BCUT2D eigenvalue weighted by Crippen LogP contribution is -2.74. The zero-order valence-electron chi connectivity index (χ0n) is 21.3. The van der Waals surface area contributed by atoms with Gasteiger partial charge in [0.15, 0.2) is 8.07 Å².